The minimum absolute atomic E-state index is 0.0895. The summed E-state index contributed by atoms with van der Waals surface area (Å²) < 4.78 is 10.7. The van der Waals surface area contributed by atoms with E-state index in [1.54, 1.807) is 0 Å². The van der Waals surface area contributed by atoms with E-state index in [1.165, 1.54) is 19.3 Å². The Morgan fingerprint density at radius 3 is 2.48 bits per heavy atom. The van der Waals surface area contributed by atoms with Gasteiger partial charge in [0.2, 0.25) is 11.8 Å². The van der Waals surface area contributed by atoms with Crippen LogP contribution in [0.3, 0.4) is 0 Å². The Hall–Kier alpha value is -2.70. The Morgan fingerprint density at radius 2 is 1.76 bits per heavy atom. The standard InChI is InChI=1S/C22H29N3O4/c1-16-9-11-17(12-10-16)22-25-24-20(29-22)13-14-21(27)28-15-19(26)23-18-7-5-3-2-4-6-8-18/h9-12,18H,2-8,13-15H2,1H3,(H,23,26). The lowest BCUT2D eigenvalue weighted by atomic mass is 9.97. The lowest BCUT2D eigenvalue weighted by Crippen LogP contribution is -2.38. The van der Waals surface area contributed by atoms with E-state index in [1.807, 2.05) is 31.2 Å². The van der Waals surface area contributed by atoms with Crippen LogP contribution in [0.5, 0.6) is 0 Å². The number of carbonyl (C=O) groups is 2. The molecule has 0 spiro atoms. The number of amides is 1. The van der Waals surface area contributed by atoms with Gasteiger partial charge in [0.25, 0.3) is 5.91 Å². The topological polar surface area (TPSA) is 94.3 Å². The molecule has 1 aromatic heterocycles. The molecule has 1 N–H and O–H groups in total. The highest BCUT2D eigenvalue weighted by molar-refractivity contribution is 5.80. The maximum atomic E-state index is 12.0. The van der Waals surface area contributed by atoms with Crippen LogP contribution in [-0.2, 0) is 20.7 Å². The van der Waals surface area contributed by atoms with Gasteiger partial charge >= 0.3 is 5.97 Å². The van der Waals surface area contributed by atoms with Gasteiger partial charge in [0.15, 0.2) is 6.61 Å². The van der Waals surface area contributed by atoms with E-state index in [4.69, 9.17) is 9.15 Å². The summed E-state index contributed by atoms with van der Waals surface area (Å²) in [7, 11) is 0. The third-order valence-corrected chi connectivity index (χ3v) is 5.14. The van der Waals surface area contributed by atoms with Crippen LogP contribution in [0, 0.1) is 6.92 Å². The van der Waals surface area contributed by atoms with Crippen LogP contribution in [0.1, 0.15) is 62.8 Å². The molecule has 7 heteroatoms. The number of hydrogen-bond acceptors (Lipinski definition) is 6. The predicted molar refractivity (Wildman–Crippen MR) is 108 cm³/mol. The molecule has 3 rings (SSSR count). The Kier molecular flexibility index (Phi) is 7.78. The molecule has 1 amide bonds. The van der Waals surface area contributed by atoms with Gasteiger partial charge in [0, 0.05) is 18.0 Å². The highest BCUT2D eigenvalue weighted by Crippen LogP contribution is 2.19. The summed E-state index contributed by atoms with van der Waals surface area (Å²) in [6.07, 6.45) is 8.38. The zero-order chi connectivity index (χ0) is 20.5. The monoisotopic (exact) mass is 399 g/mol. The first-order chi connectivity index (χ1) is 14.1. The second kappa shape index (κ2) is 10.7. The van der Waals surface area contributed by atoms with Crippen molar-refractivity contribution in [3.63, 3.8) is 0 Å². The first-order valence-corrected chi connectivity index (χ1v) is 10.4. The molecule has 0 aliphatic heterocycles. The summed E-state index contributed by atoms with van der Waals surface area (Å²) >= 11 is 0. The molecule has 1 saturated carbocycles. The second-order valence-corrected chi connectivity index (χ2v) is 7.64. The molecule has 1 heterocycles. The largest absolute Gasteiger partial charge is 0.456 e. The minimum Gasteiger partial charge on any atom is -0.456 e. The summed E-state index contributed by atoms with van der Waals surface area (Å²) in [5.41, 5.74) is 1.98. The fourth-order valence-corrected chi connectivity index (χ4v) is 3.46. The lowest BCUT2D eigenvalue weighted by molar-refractivity contribution is -0.148. The van der Waals surface area contributed by atoms with Crippen molar-refractivity contribution in [3.8, 4) is 11.5 Å². The van der Waals surface area contributed by atoms with Crippen molar-refractivity contribution in [1.29, 1.82) is 0 Å². The van der Waals surface area contributed by atoms with E-state index in [2.05, 4.69) is 15.5 Å². The van der Waals surface area contributed by atoms with Crippen molar-refractivity contribution in [2.45, 2.75) is 70.8 Å². The van der Waals surface area contributed by atoms with Crippen molar-refractivity contribution >= 4 is 11.9 Å². The first-order valence-electron chi connectivity index (χ1n) is 10.4. The van der Waals surface area contributed by atoms with Crippen LogP contribution in [-0.4, -0.2) is 34.7 Å². The van der Waals surface area contributed by atoms with Crippen LogP contribution in [0.15, 0.2) is 28.7 Å². The number of nitrogens with one attached hydrogen (secondary N) is 1. The fourth-order valence-electron chi connectivity index (χ4n) is 3.46. The van der Waals surface area contributed by atoms with E-state index < -0.39 is 5.97 Å². The number of ether oxygens (including phenoxy) is 1. The summed E-state index contributed by atoms with van der Waals surface area (Å²) in [6, 6.07) is 7.96. The van der Waals surface area contributed by atoms with Crippen molar-refractivity contribution < 1.29 is 18.7 Å². The summed E-state index contributed by atoms with van der Waals surface area (Å²) in [5.74, 6) is 0.111. The molecule has 7 nitrogen and oxygen atoms in total. The van der Waals surface area contributed by atoms with Gasteiger partial charge in [-0.2, -0.15) is 0 Å². The number of hydrogen-bond donors (Lipinski definition) is 1. The molecule has 156 valence electrons. The molecule has 0 radical (unpaired) electrons. The van der Waals surface area contributed by atoms with E-state index in [-0.39, 0.29) is 31.4 Å². The van der Waals surface area contributed by atoms with Crippen LogP contribution >= 0.6 is 0 Å². The number of nitrogens with zero attached hydrogens (tertiary/aromatic N) is 2. The van der Waals surface area contributed by atoms with Crippen LogP contribution in [0.4, 0.5) is 0 Å². The van der Waals surface area contributed by atoms with Crippen LogP contribution < -0.4 is 5.32 Å². The van der Waals surface area contributed by atoms with Crippen LogP contribution in [0.2, 0.25) is 0 Å². The Bertz CT molecular complexity index is 793. The molecular formula is C22H29N3O4. The van der Waals surface area contributed by atoms with Crippen molar-refractivity contribution in [2.75, 3.05) is 6.61 Å². The number of rotatable bonds is 7. The Balaban J connectivity index is 1.37. The molecule has 1 aliphatic rings. The van der Waals surface area contributed by atoms with Crippen molar-refractivity contribution in [1.82, 2.24) is 15.5 Å². The molecule has 1 fully saturated rings. The van der Waals surface area contributed by atoms with Gasteiger partial charge in [-0.15, -0.1) is 10.2 Å². The van der Waals surface area contributed by atoms with Gasteiger partial charge in [-0.1, -0.05) is 49.8 Å². The van der Waals surface area contributed by atoms with E-state index in [9.17, 15) is 9.59 Å². The molecule has 2 aromatic rings. The maximum Gasteiger partial charge on any atom is 0.306 e. The molecule has 0 saturated heterocycles. The minimum atomic E-state index is -0.451. The first kappa shape index (κ1) is 21.0. The Labute approximate surface area is 171 Å². The normalized spacial score (nSPS) is 15.3. The zero-order valence-corrected chi connectivity index (χ0v) is 17.0. The molecule has 0 bridgehead atoms. The van der Waals surface area contributed by atoms with Gasteiger partial charge in [0.05, 0.1) is 6.42 Å². The van der Waals surface area contributed by atoms with Gasteiger partial charge in [-0.25, -0.2) is 0 Å². The third kappa shape index (κ3) is 7.00. The molecular weight excluding hydrogens is 370 g/mol. The highest BCUT2D eigenvalue weighted by Gasteiger charge is 2.16. The fraction of sp³-hybridized carbons (Fsp3) is 0.545. The quantitative estimate of drug-likeness (QED) is 0.713. The molecule has 1 aromatic carbocycles. The van der Waals surface area contributed by atoms with Gasteiger partial charge < -0.3 is 14.5 Å². The molecule has 29 heavy (non-hydrogen) atoms. The molecule has 1 aliphatic carbocycles. The zero-order valence-electron chi connectivity index (χ0n) is 17.0. The molecule has 0 unspecified atom stereocenters. The number of aryl methyl sites for hydroxylation is 2. The number of esters is 1. The summed E-state index contributed by atoms with van der Waals surface area (Å²) in [4.78, 5) is 24.0. The van der Waals surface area contributed by atoms with E-state index in [0.29, 0.717) is 11.8 Å². The predicted octanol–water partition coefficient (Wildman–Crippen LogP) is 3.75. The maximum absolute atomic E-state index is 12.0. The number of aromatic nitrogens is 2. The van der Waals surface area contributed by atoms with Gasteiger partial charge in [-0.3, -0.25) is 9.59 Å². The summed E-state index contributed by atoms with van der Waals surface area (Å²) in [5, 5.41) is 11.0. The number of benzene rings is 1. The smallest absolute Gasteiger partial charge is 0.306 e. The average molecular weight is 399 g/mol. The van der Waals surface area contributed by atoms with E-state index in [0.717, 1.165) is 36.8 Å². The second-order valence-electron chi connectivity index (χ2n) is 7.64. The Morgan fingerprint density at radius 1 is 1.07 bits per heavy atom. The van der Waals surface area contributed by atoms with E-state index >= 15 is 0 Å². The third-order valence-electron chi connectivity index (χ3n) is 5.14. The van der Waals surface area contributed by atoms with Crippen LogP contribution in [0.25, 0.3) is 11.5 Å². The average Bonchev–Trinajstić information content (AvgIpc) is 3.16. The number of carbonyl (C=O) groups excluding carboxylic acids is 2. The van der Waals surface area contributed by atoms with Gasteiger partial charge in [-0.05, 0) is 31.9 Å². The van der Waals surface area contributed by atoms with Gasteiger partial charge in [0.1, 0.15) is 0 Å². The highest BCUT2D eigenvalue weighted by atomic mass is 16.5. The lowest BCUT2D eigenvalue weighted by Gasteiger charge is -2.20. The van der Waals surface area contributed by atoms with Crippen molar-refractivity contribution in [2.24, 2.45) is 0 Å². The summed E-state index contributed by atoms with van der Waals surface area (Å²) in [6.45, 7) is 1.76. The van der Waals surface area contributed by atoms with Crippen molar-refractivity contribution in [3.05, 3.63) is 35.7 Å². The molecule has 0 atom stereocenters. The SMILES string of the molecule is Cc1ccc(-c2nnc(CCC(=O)OCC(=O)NC3CCCCCCC3)o2)cc1.